The van der Waals surface area contributed by atoms with Gasteiger partial charge in [-0.3, -0.25) is 0 Å². The molecule has 9 aromatic carbocycles. The van der Waals surface area contributed by atoms with Crippen molar-refractivity contribution in [3.63, 3.8) is 0 Å². The second kappa shape index (κ2) is 16.5. The zero-order chi connectivity index (χ0) is 45.0. The van der Waals surface area contributed by atoms with Gasteiger partial charge in [0.1, 0.15) is 0 Å². The van der Waals surface area contributed by atoms with Crippen molar-refractivity contribution in [3.05, 3.63) is 224 Å². The molecule has 7 nitrogen and oxygen atoms in total. The number of hydrogen-bond acceptors (Lipinski definition) is 7. The van der Waals surface area contributed by atoms with Crippen molar-refractivity contribution < 1.29 is 0 Å². The molecule has 0 aliphatic carbocycles. The number of nitrogens with zero attached hydrogens (tertiary/aromatic N) is 7. The van der Waals surface area contributed by atoms with Gasteiger partial charge in [-0.2, -0.15) is 0 Å². The number of fused-ring (bicyclic) bond motifs is 6. The Labute approximate surface area is 395 Å². The Morgan fingerprint density at radius 3 is 1.18 bits per heavy atom. The SMILES string of the molecule is c1ccc(-c2nc(-c3ccccc3)nc(-c3ccc4sc5ccc(-c6ccc7c(c6)c6c(-c8nc(-c9ccccc9)nc(-c9ccccc9)n8)cccc6n7-c6ccccc6)cc5c4c3)n2)cc1. The molecule has 0 aliphatic heterocycles. The maximum absolute atomic E-state index is 5.20. The molecule has 4 aromatic heterocycles. The Hall–Kier alpha value is -8.98. The molecule has 13 rings (SSSR count). The molecule has 0 radical (unpaired) electrons. The van der Waals surface area contributed by atoms with Gasteiger partial charge in [-0.05, 0) is 71.8 Å². The van der Waals surface area contributed by atoms with Crippen molar-refractivity contribution in [1.29, 1.82) is 0 Å². The number of hydrogen-bond donors (Lipinski definition) is 0. The minimum atomic E-state index is 0.618. The lowest BCUT2D eigenvalue weighted by Gasteiger charge is -2.10. The van der Waals surface area contributed by atoms with Crippen molar-refractivity contribution in [1.82, 2.24) is 34.5 Å². The molecule has 0 spiro atoms. The van der Waals surface area contributed by atoms with Gasteiger partial charge in [-0.15, -0.1) is 11.3 Å². The van der Waals surface area contributed by atoms with Crippen LogP contribution in [0, 0.1) is 0 Å². The van der Waals surface area contributed by atoms with Crippen LogP contribution in [0.15, 0.2) is 224 Å². The van der Waals surface area contributed by atoms with Crippen LogP contribution in [0.25, 0.3) is 127 Å². The molecule has 4 heterocycles. The summed E-state index contributed by atoms with van der Waals surface area (Å²) in [5.41, 5.74) is 11.1. The van der Waals surface area contributed by atoms with Gasteiger partial charge in [0.05, 0.1) is 11.0 Å². The van der Waals surface area contributed by atoms with E-state index in [2.05, 4.69) is 108 Å². The minimum Gasteiger partial charge on any atom is -0.309 e. The zero-order valence-electron chi connectivity index (χ0n) is 36.4. The number of rotatable bonds is 8. The number of aromatic nitrogens is 7. The topological polar surface area (TPSA) is 82.3 Å². The molecule has 0 saturated carbocycles. The van der Waals surface area contributed by atoms with Gasteiger partial charge in [0.15, 0.2) is 34.9 Å². The van der Waals surface area contributed by atoms with E-state index >= 15 is 0 Å². The molecular formula is C60H37N7S. The van der Waals surface area contributed by atoms with Crippen LogP contribution < -0.4 is 0 Å². The summed E-state index contributed by atoms with van der Waals surface area (Å²) >= 11 is 1.80. The van der Waals surface area contributed by atoms with Crippen molar-refractivity contribution in [2.45, 2.75) is 0 Å². The summed E-state index contributed by atoms with van der Waals surface area (Å²) in [6, 6.07) is 77.7. The maximum atomic E-state index is 5.20. The molecule has 13 aromatic rings. The summed E-state index contributed by atoms with van der Waals surface area (Å²) in [6.45, 7) is 0. The van der Waals surface area contributed by atoms with Crippen LogP contribution in [-0.4, -0.2) is 34.5 Å². The average Bonchev–Trinajstić information content (AvgIpc) is 3.96. The summed E-state index contributed by atoms with van der Waals surface area (Å²) in [4.78, 5) is 30.4. The predicted molar refractivity (Wildman–Crippen MR) is 278 cm³/mol. The van der Waals surface area contributed by atoms with Gasteiger partial charge >= 0.3 is 0 Å². The fraction of sp³-hybridized carbons (Fsp3) is 0. The Kier molecular flexibility index (Phi) is 9.54. The molecule has 0 atom stereocenters. The molecule has 8 heteroatoms. The highest BCUT2D eigenvalue weighted by Crippen LogP contribution is 2.42. The molecule has 0 aliphatic rings. The van der Waals surface area contributed by atoms with E-state index in [4.69, 9.17) is 29.9 Å². The first-order valence-corrected chi connectivity index (χ1v) is 23.3. The standard InChI is InChI=1S/C60H37N7S/c1-6-17-38(18-7-1)55-61-56(39-19-8-2-9-20-39)64-59(63-55)44-31-34-53-48(37-44)47-35-43(30-33-52(47)68-53)42-29-32-50-49(36-42)54-46(27-16-28-51(54)67(50)45-25-14-5-15-26-45)60-65-57(40-21-10-3-11-22-40)62-58(66-60)41-23-12-4-13-24-41/h1-37H. The monoisotopic (exact) mass is 887 g/mol. The number of benzene rings is 9. The normalized spacial score (nSPS) is 11.5. The lowest BCUT2D eigenvalue weighted by Crippen LogP contribution is -2.00. The van der Waals surface area contributed by atoms with E-state index < -0.39 is 0 Å². The third kappa shape index (κ3) is 6.99. The Balaban J connectivity index is 0.983. The molecule has 0 amide bonds. The Bertz CT molecular complexity index is 3890. The third-order valence-corrected chi connectivity index (χ3v) is 13.7. The van der Waals surface area contributed by atoms with Gasteiger partial charge in [-0.25, -0.2) is 29.9 Å². The van der Waals surface area contributed by atoms with Crippen LogP contribution in [-0.2, 0) is 0 Å². The highest BCUT2D eigenvalue weighted by Gasteiger charge is 2.21. The lowest BCUT2D eigenvalue weighted by molar-refractivity contribution is 1.07. The van der Waals surface area contributed by atoms with Crippen LogP contribution >= 0.6 is 11.3 Å². The quantitative estimate of drug-likeness (QED) is 0.151. The van der Waals surface area contributed by atoms with Crippen LogP contribution in [0.4, 0.5) is 0 Å². The first-order chi connectivity index (χ1) is 33.7. The van der Waals surface area contributed by atoms with Crippen LogP contribution in [0.2, 0.25) is 0 Å². The van der Waals surface area contributed by atoms with Crippen molar-refractivity contribution in [2.24, 2.45) is 0 Å². The lowest BCUT2D eigenvalue weighted by atomic mass is 9.99. The first kappa shape index (κ1) is 39.4. The van der Waals surface area contributed by atoms with Gasteiger partial charge < -0.3 is 4.57 Å². The van der Waals surface area contributed by atoms with Crippen molar-refractivity contribution in [3.8, 4) is 85.1 Å². The van der Waals surface area contributed by atoms with Gasteiger partial charge in [0, 0.05) is 70.0 Å². The molecule has 0 unspecified atom stereocenters. The largest absolute Gasteiger partial charge is 0.309 e. The molecular weight excluding hydrogens is 851 g/mol. The molecule has 68 heavy (non-hydrogen) atoms. The van der Waals surface area contributed by atoms with Crippen LogP contribution in [0.3, 0.4) is 0 Å². The summed E-state index contributed by atoms with van der Waals surface area (Å²) in [7, 11) is 0. The second-order valence-corrected chi connectivity index (χ2v) is 17.8. The van der Waals surface area contributed by atoms with E-state index in [0.717, 1.165) is 77.4 Å². The Morgan fingerprint density at radius 1 is 0.279 bits per heavy atom. The number of thiophene rings is 1. The zero-order valence-corrected chi connectivity index (χ0v) is 37.2. The van der Waals surface area contributed by atoms with E-state index in [1.54, 1.807) is 11.3 Å². The minimum absolute atomic E-state index is 0.618. The first-order valence-electron chi connectivity index (χ1n) is 22.5. The van der Waals surface area contributed by atoms with Gasteiger partial charge in [0.25, 0.3) is 0 Å². The second-order valence-electron chi connectivity index (χ2n) is 16.7. The highest BCUT2D eigenvalue weighted by molar-refractivity contribution is 7.25. The van der Waals surface area contributed by atoms with Gasteiger partial charge in [-0.1, -0.05) is 164 Å². The van der Waals surface area contributed by atoms with E-state index in [1.165, 1.54) is 14.8 Å². The summed E-state index contributed by atoms with van der Waals surface area (Å²) in [5.74, 6) is 3.79. The van der Waals surface area contributed by atoms with Crippen molar-refractivity contribution in [2.75, 3.05) is 0 Å². The summed E-state index contributed by atoms with van der Waals surface area (Å²) in [5, 5.41) is 4.53. The summed E-state index contributed by atoms with van der Waals surface area (Å²) < 4.78 is 4.77. The summed E-state index contributed by atoms with van der Waals surface area (Å²) in [6.07, 6.45) is 0. The predicted octanol–water partition coefficient (Wildman–Crippen LogP) is 15.2. The number of para-hydroxylation sites is 1. The van der Waals surface area contributed by atoms with Gasteiger partial charge in [0.2, 0.25) is 0 Å². The van der Waals surface area contributed by atoms with Crippen molar-refractivity contribution >= 4 is 53.3 Å². The molecule has 318 valence electrons. The smallest absolute Gasteiger partial charge is 0.164 e. The van der Waals surface area contributed by atoms with E-state index in [-0.39, 0.29) is 0 Å². The molecule has 0 bridgehead atoms. The fourth-order valence-corrected chi connectivity index (χ4v) is 10.3. The molecule has 0 N–H and O–H groups in total. The van der Waals surface area contributed by atoms with E-state index in [1.807, 2.05) is 121 Å². The van der Waals surface area contributed by atoms with E-state index in [0.29, 0.717) is 34.9 Å². The van der Waals surface area contributed by atoms with Crippen LogP contribution in [0.5, 0.6) is 0 Å². The maximum Gasteiger partial charge on any atom is 0.164 e. The molecule has 0 fully saturated rings. The third-order valence-electron chi connectivity index (χ3n) is 12.5. The van der Waals surface area contributed by atoms with E-state index in [9.17, 15) is 0 Å². The van der Waals surface area contributed by atoms with Crippen LogP contribution in [0.1, 0.15) is 0 Å². The highest BCUT2D eigenvalue weighted by atomic mass is 32.1. The average molecular weight is 888 g/mol. The Morgan fingerprint density at radius 2 is 0.676 bits per heavy atom. The fourth-order valence-electron chi connectivity index (χ4n) is 9.25. The molecule has 0 saturated heterocycles.